The van der Waals surface area contributed by atoms with Crippen LogP contribution in [0.25, 0.3) is 0 Å². The van der Waals surface area contributed by atoms with Crippen LogP contribution >= 0.6 is 11.6 Å². The first-order chi connectivity index (χ1) is 11.0. The molecule has 0 spiro atoms. The minimum atomic E-state index is -0.379. The van der Waals surface area contributed by atoms with Gasteiger partial charge >= 0.3 is 0 Å². The third-order valence-electron chi connectivity index (χ3n) is 4.71. The van der Waals surface area contributed by atoms with E-state index in [1.54, 1.807) is 18.2 Å². The quantitative estimate of drug-likeness (QED) is 0.864. The normalized spacial score (nSPS) is 23.8. The molecule has 0 aromatic heterocycles. The molecule has 1 heterocycles. The Balaban J connectivity index is 1.69. The molecule has 2 atom stereocenters. The van der Waals surface area contributed by atoms with Crippen molar-refractivity contribution in [1.82, 2.24) is 4.90 Å². The highest BCUT2D eigenvalue weighted by molar-refractivity contribution is 6.31. The Morgan fingerprint density at radius 1 is 1.22 bits per heavy atom. The van der Waals surface area contributed by atoms with Crippen molar-refractivity contribution in [3.8, 4) is 0 Å². The zero-order valence-corrected chi connectivity index (χ0v) is 13.7. The standard InChI is InChI=1S/C17H19ClN2O3/c1-10-6-7-11(18)8-14(10)19-15(21)9-20-16(22)12-4-2-3-5-13(12)17(20)23/h6-8,12-13H,2-5,9H2,1H3,(H,19,21)/t12-,13+. The highest BCUT2D eigenvalue weighted by atomic mass is 35.5. The van der Waals surface area contributed by atoms with Crippen LogP contribution in [0.5, 0.6) is 0 Å². The van der Waals surface area contributed by atoms with Crippen LogP contribution in [0.1, 0.15) is 31.2 Å². The summed E-state index contributed by atoms with van der Waals surface area (Å²) in [6.45, 7) is 1.63. The first-order valence-electron chi connectivity index (χ1n) is 7.88. The third kappa shape index (κ3) is 3.11. The van der Waals surface area contributed by atoms with E-state index < -0.39 is 0 Å². The van der Waals surface area contributed by atoms with Gasteiger partial charge in [-0.2, -0.15) is 0 Å². The van der Waals surface area contributed by atoms with Gasteiger partial charge in [-0.1, -0.05) is 30.5 Å². The van der Waals surface area contributed by atoms with Crippen molar-refractivity contribution in [2.45, 2.75) is 32.6 Å². The molecular weight excluding hydrogens is 316 g/mol. The van der Waals surface area contributed by atoms with Crippen LogP contribution in [0.4, 0.5) is 5.69 Å². The molecular formula is C17H19ClN2O3. The minimum Gasteiger partial charge on any atom is -0.324 e. The van der Waals surface area contributed by atoms with Gasteiger partial charge < -0.3 is 5.32 Å². The number of anilines is 1. The second-order valence-electron chi connectivity index (χ2n) is 6.27. The Morgan fingerprint density at radius 3 is 2.43 bits per heavy atom. The van der Waals surface area contributed by atoms with Crippen LogP contribution in [-0.4, -0.2) is 29.2 Å². The number of benzene rings is 1. The van der Waals surface area contributed by atoms with Crippen LogP contribution in [0.2, 0.25) is 5.02 Å². The van der Waals surface area contributed by atoms with Crippen molar-refractivity contribution in [1.29, 1.82) is 0 Å². The highest BCUT2D eigenvalue weighted by Crippen LogP contribution is 2.37. The van der Waals surface area contributed by atoms with Gasteiger partial charge in [-0.15, -0.1) is 0 Å². The first kappa shape index (κ1) is 16.0. The summed E-state index contributed by atoms with van der Waals surface area (Å²) in [7, 11) is 0. The monoisotopic (exact) mass is 334 g/mol. The number of nitrogens with zero attached hydrogens (tertiary/aromatic N) is 1. The molecule has 122 valence electrons. The van der Waals surface area contributed by atoms with E-state index in [-0.39, 0.29) is 36.1 Å². The predicted octanol–water partition coefficient (Wildman–Crippen LogP) is 2.76. The molecule has 23 heavy (non-hydrogen) atoms. The number of imide groups is 1. The number of hydrogen-bond acceptors (Lipinski definition) is 3. The van der Waals surface area contributed by atoms with Crippen molar-refractivity contribution < 1.29 is 14.4 Å². The summed E-state index contributed by atoms with van der Waals surface area (Å²) >= 11 is 5.93. The molecule has 1 aromatic carbocycles. The van der Waals surface area contributed by atoms with E-state index in [9.17, 15) is 14.4 Å². The van der Waals surface area contributed by atoms with Gasteiger partial charge in [0.1, 0.15) is 6.54 Å². The number of halogens is 1. The van der Waals surface area contributed by atoms with E-state index >= 15 is 0 Å². The maximum atomic E-state index is 12.4. The van der Waals surface area contributed by atoms with Gasteiger partial charge in [0.15, 0.2) is 0 Å². The van der Waals surface area contributed by atoms with Gasteiger partial charge in [-0.05, 0) is 37.5 Å². The average molecular weight is 335 g/mol. The summed E-state index contributed by atoms with van der Waals surface area (Å²) in [4.78, 5) is 38.1. The van der Waals surface area contributed by atoms with Crippen molar-refractivity contribution >= 4 is 35.0 Å². The second kappa shape index (κ2) is 6.32. The van der Waals surface area contributed by atoms with E-state index in [1.807, 2.05) is 6.92 Å². The molecule has 1 aliphatic carbocycles. The fourth-order valence-corrected chi connectivity index (χ4v) is 3.62. The van der Waals surface area contributed by atoms with Gasteiger partial charge in [0.2, 0.25) is 17.7 Å². The summed E-state index contributed by atoms with van der Waals surface area (Å²) in [6, 6.07) is 5.20. The Kier molecular flexibility index (Phi) is 4.39. The van der Waals surface area contributed by atoms with Gasteiger partial charge in [0.05, 0.1) is 11.8 Å². The number of nitrogens with one attached hydrogen (secondary N) is 1. The maximum Gasteiger partial charge on any atom is 0.244 e. The molecule has 1 saturated heterocycles. The summed E-state index contributed by atoms with van der Waals surface area (Å²) in [5, 5.41) is 3.25. The van der Waals surface area contributed by atoms with Gasteiger partial charge in [0, 0.05) is 10.7 Å². The summed E-state index contributed by atoms with van der Waals surface area (Å²) < 4.78 is 0. The number of aryl methyl sites for hydroxylation is 1. The van der Waals surface area contributed by atoms with E-state index in [0.29, 0.717) is 10.7 Å². The Hall–Kier alpha value is -1.88. The van der Waals surface area contributed by atoms with Crippen LogP contribution < -0.4 is 5.32 Å². The lowest BCUT2D eigenvalue weighted by Crippen LogP contribution is -2.38. The topological polar surface area (TPSA) is 66.5 Å². The van der Waals surface area contributed by atoms with Crippen molar-refractivity contribution in [3.05, 3.63) is 28.8 Å². The fraction of sp³-hybridized carbons (Fsp3) is 0.471. The van der Waals surface area contributed by atoms with Gasteiger partial charge in [-0.25, -0.2) is 0 Å². The molecule has 3 rings (SSSR count). The number of rotatable bonds is 3. The predicted molar refractivity (Wildman–Crippen MR) is 87.0 cm³/mol. The molecule has 1 aromatic rings. The fourth-order valence-electron chi connectivity index (χ4n) is 3.45. The molecule has 2 aliphatic rings. The largest absolute Gasteiger partial charge is 0.324 e. The zero-order valence-electron chi connectivity index (χ0n) is 13.0. The molecule has 1 saturated carbocycles. The van der Waals surface area contributed by atoms with Gasteiger partial charge in [-0.3, -0.25) is 19.3 Å². The van der Waals surface area contributed by atoms with Crippen molar-refractivity contribution in [2.75, 3.05) is 11.9 Å². The van der Waals surface area contributed by atoms with E-state index in [4.69, 9.17) is 11.6 Å². The molecule has 2 fully saturated rings. The van der Waals surface area contributed by atoms with Crippen molar-refractivity contribution in [2.24, 2.45) is 11.8 Å². The lowest BCUT2D eigenvalue weighted by atomic mass is 9.81. The summed E-state index contributed by atoms with van der Waals surface area (Å²) in [5.74, 6) is -1.22. The molecule has 1 N–H and O–H groups in total. The van der Waals surface area contributed by atoms with E-state index in [1.165, 1.54) is 0 Å². The summed E-state index contributed by atoms with van der Waals surface area (Å²) in [6.07, 6.45) is 3.45. The van der Waals surface area contributed by atoms with Crippen LogP contribution in [0.15, 0.2) is 18.2 Å². The SMILES string of the molecule is Cc1ccc(Cl)cc1NC(=O)CN1C(=O)[C@H]2CCCC[C@H]2C1=O. The van der Waals surface area contributed by atoms with Crippen LogP contribution in [0, 0.1) is 18.8 Å². The van der Waals surface area contributed by atoms with Crippen LogP contribution in [0.3, 0.4) is 0 Å². The Labute approximate surface area is 140 Å². The minimum absolute atomic E-state index is 0.197. The maximum absolute atomic E-state index is 12.4. The number of fused-ring (bicyclic) bond motifs is 1. The number of hydrogen-bond donors (Lipinski definition) is 1. The first-order valence-corrected chi connectivity index (χ1v) is 8.26. The molecule has 5 nitrogen and oxygen atoms in total. The highest BCUT2D eigenvalue weighted by Gasteiger charge is 2.48. The number of carbonyl (C=O) groups is 3. The lowest BCUT2D eigenvalue weighted by Gasteiger charge is -2.19. The zero-order chi connectivity index (χ0) is 16.6. The molecule has 3 amide bonds. The van der Waals surface area contributed by atoms with E-state index in [2.05, 4.69) is 5.32 Å². The van der Waals surface area contributed by atoms with Gasteiger partial charge in [0.25, 0.3) is 0 Å². The number of amides is 3. The molecule has 1 aliphatic heterocycles. The lowest BCUT2D eigenvalue weighted by molar-refractivity contribution is -0.142. The molecule has 0 unspecified atom stereocenters. The van der Waals surface area contributed by atoms with Crippen LogP contribution in [-0.2, 0) is 14.4 Å². The Bertz CT molecular complexity index is 650. The summed E-state index contributed by atoms with van der Waals surface area (Å²) in [5.41, 5.74) is 1.47. The number of likely N-dealkylation sites (tertiary alicyclic amines) is 1. The molecule has 0 radical (unpaired) electrons. The van der Waals surface area contributed by atoms with Crippen molar-refractivity contribution in [3.63, 3.8) is 0 Å². The average Bonchev–Trinajstić information content (AvgIpc) is 2.76. The Morgan fingerprint density at radius 2 is 1.83 bits per heavy atom. The van der Waals surface area contributed by atoms with E-state index in [0.717, 1.165) is 36.1 Å². The smallest absolute Gasteiger partial charge is 0.244 e. The molecule has 0 bridgehead atoms. The molecule has 6 heteroatoms. The number of carbonyl (C=O) groups excluding carboxylic acids is 3. The third-order valence-corrected chi connectivity index (χ3v) is 4.94. The second-order valence-corrected chi connectivity index (χ2v) is 6.70.